The number of carbonyl (C=O) groups excluding carboxylic acids is 1. The molecule has 0 rings (SSSR count). The Morgan fingerprint density at radius 2 is 1.90 bits per heavy atom. The topological polar surface area (TPSA) is 40.1 Å². The van der Waals surface area contributed by atoms with Gasteiger partial charge in [0, 0.05) is 5.97 Å². The van der Waals surface area contributed by atoms with E-state index in [2.05, 4.69) is 6.92 Å². The van der Waals surface area contributed by atoms with E-state index in [0.717, 1.165) is 33.0 Å². The van der Waals surface area contributed by atoms with Crippen LogP contribution in [0.3, 0.4) is 0 Å². The van der Waals surface area contributed by atoms with Gasteiger partial charge in [-0.2, -0.15) is 0 Å². The molecule has 0 heterocycles. The molecule has 0 amide bonds. The van der Waals surface area contributed by atoms with Crippen LogP contribution in [0.15, 0.2) is 0 Å². The Hall–Kier alpha value is 0.405. The number of hydrogen-bond acceptors (Lipinski definition) is 2. The summed E-state index contributed by atoms with van der Waals surface area (Å²) >= 11 is 1.07. The van der Waals surface area contributed by atoms with Crippen molar-refractivity contribution in [2.75, 3.05) is 0 Å². The van der Waals surface area contributed by atoms with Crippen molar-refractivity contribution < 1.29 is 36.0 Å². The van der Waals surface area contributed by atoms with Gasteiger partial charge in [0.15, 0.2) is 0 Å². The van der Waals surface area contributed by atoms with E-state index in [9.17, 15) is 0 Å². The zero-order chi connectivity index (χ0) is 8.41. The van der Waals surface area contributed by atoms with Crippen LogP contribution in [0.5, 0.6) is 0 Å². The Labute approximate surface area is 79.0 Å². The number of hydrogen-bond donors (Lipinski definition) is 0. The first-order valence-corrected chi connectivity index (χ1v) is 7.50. The molecule has 0 bridgehead atoms. The minimum atomic E-state index is -1.08. The van der Waals surface area contributed by atoms with Crippen LogP contribution in [-0.4, -0.2) is 5.97 Å². The van der Waals surface area contributed by atoms with Gasteiger partial charge in [0.25, 0.3) is 0 Å². The summed E-state index contributed by atoms with van der Waals surface area (Å²) in [5, 5.41) is 8.89. The molecular formula is C7H14HgO2. The average molecular weight is 331 g/mol. The van der Waals surface area contributed by atoms with Gasteiger partial charge in [-0.15, -0.1) is 0 Å². The molecule has 3 heteroatoms. The molecule has 0 aromatic rings. The number of carboxylic acids is 1. The van der Waals surface area contributed by atoms with Crippen LogP contribution in [0.4, 0.5) is 0 Å². The molecule has 0 aliphatic heterocycles. The summed E-state index contributed by atoms with van der Waals surface area (Å²) in [6.07, 6.45) is 4.35. The Morgan fingerprint density at radius 1 is 1.50 bits per heavy atom. The van der Waals surface area contributed by atoms with Gasteiger partial charge in [0.1, 0.15) is 0 Å². The van der Waals surface area contributed by atoms with Gasteiger partial charge in [-0.25, -0.2) is 0 Å². The van der Waals surface area contributed by atoms with Crippen LogP contribution >= 0.6 is 0 Å². The van der Waals surface area contributed by atoms with Gasteiger partial charge in [-0.1, -0.05) is 0 Å². The van der Waals surface area contributed by atoms with E-state index in [4.69, 9.17) is 9.90 Å². The molecule has 0 unspecified atom stereocenters. The number of carboxylic acid groups (broad SMARTS) is 1. The van der Waals surface area contributed by atoms with E-state index in [1.54, 1.807) is 3.93 Å². The third kappa shape index (κ3) is 39.8. The van der Waals surface area contributed by atoms with Crippen molar-refractivity contribution in [3.05, 3.63) is 0 Å². The first-order valence-electron chi connectivity index (χ1n) is 3.62. The second-order valence-electron chi connectivity index (χ2n) is 2.05. The van der Waals surface area contributed by atoms with Crippen molar-refractivity contribution in [2.45, 2.75) is 37.0 Å². The maximum absolute atomic E-state index is 8.89. The number of unbranched alkanes of at least 4 members (excludes halogenated alkanes) is 2. The standard InChI is InChI=1S/C5H11.C2H4O2.Hg/c1-3-5-4-2;1-2(3)4;/h1,3-5H2,2H3;1H3,(H,3,4);/q;;+1/p-1. The molecule has 0 N–H and O–H groups in total. The molecule has 0 fully saturated rings. The van der Waals surface area contributed by atoms with Crippen LogP contribution in [0.2, 0.25) is 3.93 Å². The van der Waals surface area contributed by atoms with Crippen LogP contribution in [0, 0.1) is 0 Å². The minimum absolute atomic E-state index is 0.972. The molecule has 0 radical (unpaired) electrons. The van der Waals surface area contributed by atoms with Crippen molar-refractivity contribution in [1.29, 1.82) is 0 Å². The predicted molar refractivity (Wildman–Crippen MR) is 35.0 cm³/mol. The van der Waals surface area contributed by atoms with Crippen molar-refractivity contribution in [2.24, 2.45) is 0 Å². The summed E-state index contributed by atoms with van der Waals surface area (Å²) in [7, 11) is 0. The van der Waals surface area contributed by atoms with Crippen LogP contribution in [0.25, 0.3) is 0 Å². The van der Waals surface area contributed by atoms with E-state index in [1.807, 2.05) is 0 Å². The van der Waals surface area contributed by atoms with Gasteiger partial charge < -0.3 is 9.90 Å². The third-order valence-electron chi connectivity index (χ3n) is 0.854. The molecule has 2 nitrogen and oxygen atoms in total. The number of rotatable bonds is 3. The van der Waals surface area contributed by atoms with E-state index in [-0.39, 0.29) is 0 Å². The first-order chi connectivity index (χ1) is 4.65. The zero-order valence-corrected chi connectivity index (χ0v) is 12.3. The van der Waals surface area contributed by atoms with Gasteiger partial charge in [0.05, 0.1) is 0 Å². The van der Waals surface area contributed by atoms with Crippen LogP contribution in [-0.2, 0) is 30.9 Å². The van der Waals surface area contributed by atoms with Crippen molar-refractivity contribution >= 4 is 5.97 Å². The van der Waals surface area contributed by atoms with E-state index >= 15 is 0 Å². The fourth-order valence-corrected chi connectivity index (χ4v) is 1.80. The molecule has 0 aliphatic carbocycles. The molecule has 0 saturated carbocycles. The number of carbonyl (C=O) groups is 1. The second-order valence-corrected chi connectivity index (χ2v) is 4.80. The Balaban J connectivity index is 0. The molecule has 0 spiro atoms. The maximum atomic E-state index is 8.89. The molecule has 0 aromatic carbocycles. The van der Waals surface area contributed by atoms with Gasteiger partial charge in [0.2, 0.25) is 0 Å². The summed E-state index contributed by atoms with van der Waals surface area (Å²) in [5.41, 5.74) is 0. The molecule has 0 saturated heterocycles. The fraction of sp³-hybridized carbons (Fsp3) is 0.857. The molecule has 0 aromatic heterocycles. The molecule has 56 valence electrons. The molecule has 0 atom stereocenters. The molecule has 0 aliphatic rings. The second kappa shape index (κ2) is 12.1. The third-order valence-corrected chi connectivity index (χ3v) is 2.80. The average Bonchev–Trinajstić information content (AvgIpc) is 1.82. The Kier molecular flexibility index (Phi) is 15.8. The van der Waals surface area contributed by atoms with Crippen LogP contribution < -0.4 is 5.11 Å². The summed E-state index contributed by atoms with van der Waals surface area (Å²) in [6, 6.07) is 0. The van der Waals surface area contributed by atoms with Crippen LogP contribution in [0.1, 0.15) is 33.1 Å². The van der Waals surface area contributed by atoms with Gasteiger partial charge in [-0.3, -0.25) is 0 Å². The van der Waals surface area contributed by atoms with Crippen molar-refractivity contribution in [3.8, 4) is 0 Å². The first kappa shape index (κ1) is 13.0. The number of aliphatic carboxylic acids is 1. The Morgan fingerprint density at radius 3 is 2.00 bits per heavy atom. The van der Waals surface area contributed by atoms with E-state index in [0.29, 0.717) is 0 Å². The van der Waals surface area contributed by atoms with Gasteiger partial charge in [-0.05, 0) is 6.92 Å². The summed E-state index contributed by atoms with van der Waals surface area (Å²) < 4.78 is 1.55. The fourth-order valence-electron chi connectivity index (χ4n) is 0.427. The summed E-state index contributed by atoms with van der Waals surface area (Å²) in [4.78, 5) is 8.89. The van der Waals surface area contributed by atoms with Gasteiger partial charge >= 0.3 is 56.2 Å². The Bertz CT molecular complexity index is 66.0. The predicted octanol–water partition coefficient (Wildman–Crippen LogP) is 0.898. The summed E-state index contributed by atoms with van der Waals surface area (Å²) in [6.45, 7) is 3.23. The van der Waals surface area contributed by atoms with Crippen molar-refractivity contribution in [1.82, 2.24) is 0 Å². The monoisotopic (exact) mass is 332 g/mol. The quantitative estimate of drug-likeness (QED) is 0.570. The normalized spacial score (nSPS) is 8.00. The van der Waals surface area contributed by atoms with E-state index in [1.165, 1.54) is 19.3 Å². The van der Waals surface area contributed by atoms with E-state index < -0.39 is 5.97 Å². The molecular weight excluding hydrogens is 317 g/mol. The SMILES string of the molecule is CC(=O)[O-].CCCC[CH2][Hg+]. The van der Waals surface area contributed by atoms with Crippen molar-refractivity contribution in [3.63, 3.8) is 0 Å². The molecule has 10 heavy (non-hydrogen) atoms. The summed E-state index contributed by atoms with van der Waals surface area (Å²) in [5.74, 6) is -1.08. The zero-order valence-electron chi connectivity index (χ0n) is 6.85.